The summed E-state index contributed by atoms with van der Waals surface area (Å²) >= 11 is 0. The minimum Gasteiger partial charge on any atom is -0.412 e. The maximum Gasteiger partial charge on any atom is 0.152 e. The largest absolute Gasteiger partial charge is 0.412 e. The van der Waals surface area contributed by atoms with Crippen LogP contribution in [0.5, 0.6) is 0 Å². The third-order valence-electron chi connectivity index (χ3n) is 4.71. The van der Waals surface area contributed by atoms with Gasteiger partial charge in [-0.25, -0.2) is 9.97 Å². The van der Waals surface area contributed by atoms with Crippen molar-refractivity contribution in [3.05, 3.63) is 24.0 Å². The highest BCUT2D eigenvalue weighted by Crippen LogP contribution is 2.31. The molecule has 2 aromatic heterocycles. The lowest BCUT2D eigenvalue weighted by atomic mass is 10.2. The molecule has 6 nitrogen and oxygen atoms in total. The molecule has 0 bridgehead atoms. The molecule has 0 fully saturated rings. The predicted molar refractivity (Wildman–Crippen MR) is 116 cm³/mol. The zero-order chi connectivity index (χ0) is 19.4. The summed E-state index contributed by atoms with van der Waals surface area (Å²) in [4.78, 5) is 15.6. The molecule has 3 rings (SSSR count). The zero-order valence-electron chi connectivity index (χ0n) is 16.5. The van der Waals surface area contributed by atoms with Gasteiger partial charge in [-0.05, 0) is 56.6 Å². The number of rotatable bonds is 9. The number of unbranched alkanes of at least 4 members (excludes halogenated alkanes) is 2. The number of anilines is 1. The molecule has 0 radical (unpaired) electrons. The second-order valence-electron chi connectivity index (χ2n) is 7.05. The highest BCUT2D eigenvalue weighted by Gasteiger charge is 2.18. The number of aromatic nitrogens is 3. The van der Waals surface area contributed by atoms with E-state index < -0.39 is 0 Å². The molecule has 7 heteroatoms. The van der Waals surface area contributed by atoms with E-state index in [9.17, 15) is 0 Å². The van der Waals surface area contributed by atoms with Crippen LogP contribution in [0.15, 0.2) is 18.2 Å². The number of aryl methyl sites for hydroxylation is 1. The molecule has 0 saturated heterocycles. The fraction of sp³-hybridized carbons (Fsp3) is 0.500. The second-order valence-corrected chi connectivity index (χ2v) is 9.35. The second kappa shape index (κ2) is 8.85. The molecule has 0 saturated carbocycles. The number of nitrogens with two attached hydrogens (primary N) is 2. The van der Waals surface area contributed by atoms with E-state index in [0.29, 0.717) is 19.0 Å². The first kappa shape index (κ1) is 19.8. The van der Waals surface area contributed by atoms with Crippen LogP contribution >= 0.6 is 7.92 Å². The van der Waals surface area contributed by atoms with Crippen LogP contribution in [-0.2, 0) is 6.42 Å². The summed E-state index contributed by atoms with van der Waals surface area (Å²) in [5.74, 6) is 1.38. The van der Waals surface area contributed by atoms with Crippen LogP contribution in [0.25, 0.3) is 21.9 Å². The Hall–Kier alpha value is -1.91. The molecule has 0 atom stereocenters. The number of fused-ring (bicyclic) bond motifs is 3. The van der Waals surface area contributed by atoms with Crippen LogP contribution in [0.1, 0.15) is 38.4 Å². The Labute approximate surface area is 162 Å². The number of benzene rings is 1. The van der Waals surface area contributed by atoms with Gasteiger partial charge in [0.1, 0.15) is 23.5 Å². The zero-order valence-corrected chi connectivity index (χ0v) is 17.4. The number of imidazole rings is 1. The van der Waals surface area contributed by atoms with E-state index in [0.717, 1.165) is 59.9 Å². The lowest BCUT2D eigenvalue weighted by molar-refractivity contribution is 0.109. The molecule has 27 heavy (non-hydrogen) atoms. The molecular weight excluding hydrogens is 357 g/mol. The van der Waals surface area contributed by atoms with Crippen molar-refractivity contribution in [2.45, 2.75) is 39.0 Å². The first-order valence-electron chi connectivity index (χ1n) is 9.68. The van der Waals surface area contributed by atoms with E-state index in [-0.39, 0.29) is 7.92 Å². The Morgan fingerprint density at radius 3 is 2.67 bits per heavy atom. The number of nitrogen functional groups attached to an aromatic ring is 1. The maximum atomic E-state index is 6.28. The Balaban J connectivity index is 2.14. The third-order valence-corrected chi connectivity index (χ3v) is 6.02. The summed E-state index contributed by atoms with van der Waals surface area (Å²) in [5.41, 5.74) is 14.5. The highest BCUT2D eigenvalue weighted by molar-refractivity contribution is 7.64. The molecule has 0 aliphatic heterocycles. The van der Waals surface area contributed by atoms with Crippen LogP contribution in [0.3, 0.4) is 0 Å². The minimum absolute atomic E-state index is 0.192. The Morgan fingerprint density at radius 2 is 1.96 bits per heavy atom. The molecule has 146 valence electrons. The molecule has 0 amide bonds. The quantitative estimate of drug-likeness (QED) is 0.435. The standard InChI is InChI=1S/C20H30N5OP/c1-4-5-8-17-24-18-19(25(17)26-12-7-6-11-21)15-10-9-14(27(2)3)13-16(15)23-20(18)22/h9-10,13H,4-8,11-12,21H2,1-3H3,(H2,22,23). The Bertz CT molecular complexity index is 922. The lowest BCUT2D eigenvalue weighted by Gasteiger charge is -2.13. The number of hydrogen-bond acceptors (Lipinski definition) is 5. The summed E-state index contributed by atoms with van der Waals surface area (Å²) in [6.45, 7) is 7.95. The Morgan fingerprint density at radius 1 is 1.15 bits per heavy atom. The van der Waals surface area contributed by atoms with Gasteiger partial charge in [-0.2, -0.15) is 4.73 Å². The van der Waals surface area contributed by atoms with Crippen molar-refractivity contribution in [2.75, 3.05) is 32.2 Å². The van der Waals surface area contributed by atoms with Crippen molar-refractivity contribution in [2.24, 2.45) is 5.73 Å². The Kier molecular flexibility index (Phi) is 6.51. The topological polar surface area (TPSA) is 92.0 Å². The number of hydrogen-bond donors (Lipinski definition) is 2. The number of nitrogens with zero attached hydrogens (tertiary/aromatic N) is 3. The molecule has 2 heterocycles. The van der Waals surface area contributed by atoms with E-state index in [1.165, 1.54) is 5.30 Å². The molecule has 4 N–H and O–H groups in total. The average molecular weight is 387 g/mol. The molecule has 0 unspecified atom stereocenters. The van der Waals surface area contributed by atoms with Crippen LogP contribution in [0.4, 0.5) is 5.82 Å². The van der Waals surface area contributed by atoms with Gasteiger partial charge in [0.25, 0.3) is 0 Å². The van der Waals surface area contributed by atoms with Crippen LogP contribution < -0.4 is 21.6 Å². The van der Waals surface area contributed by atoms with Crippen molar-refractivity contribution < 1.29 is 4.84 Å². The minimum atomic E-state index is -0.192. The van der Waals surface area contributed by atoms with E-state index in [1.54, 1.807) is 0 Å². The smallest absolute Gasteiger partial charge is 0.152 e. The normalized spacial score (nSPS) is 11.7. The third kappa shape index (κ3) is 4.17. The summed E-state index contributed by atoms with van der Waals surface area (Å²) in [5, 5.41) is 2.35. The van der Waals surface area contributed by atoms with Crippen LogP contribution in [-0.4, -0.2) is 41.2 Å². The van der Waals surface area contributed by atoms with Gasteiger partial charge in [0, 0.05) is 11.8 Å². The summed E-state index contributed by atoms with van der Waals surface area (Å²) in [7, 11) is -0.192. The van der Waals surface area contributed by atoms with Crippen molar-refractivity contribution in [1.82, 2.24) is 14.7 Å². The highest BCUT2D eigenvalue weighted by atomic mass is 31.1. The van der Waals surface area contributed by atoms with Gasteiger partial charge in [0.05, 0.1) is 5.52 Å². The molecule has 1 aromatic carbocycles. The summed E-state index contributed by atoms with van der Waals surface area (Å²) in [6, 6.07) is 6.46. The van der Waals surface area contributed by atoms with E-state index in [4.69, 9.17) is 21.3 Å². The van der Waals surface area contributed by atoms with Crippen LogP contribution in [0.2, 0.25) is 0 Å². The van der Waals surface area contributed by atoms with Crippen molar-refractivity contribution in [3.63, 3.8) is 0 Å². The van der Waals surface area contributed by atoms with Gasteiger partial charge >= 0.3 is 0 Å². The average Bonchev–Trinajstić information content (AvgIpc) is 3.02. The summed E-state index contributed by atoms with van der Waals surface area (Å²) in [6.07, 6.45) is 4.88. The molecule has 0 aliphatic rings. The van der Waals surface area contributed by atoms with Gasteiger partial charge in [0.2, 0.25) is 0 Å². The number of pyridine rings is 1. The van der Waals surface area contributed by atoms with E-state index in [1.807, 2.05) is 4.73 Å². The first-order chi connectivity index (χ1) is 13.1. The SMILES string of the molecule is CCCCc1nc2c(N)nc3cc(P(C)C)ccc3c2n1OCCCCN. The van der Waals surface area contributed by atoms with Gasteiger partial charge < -0.3 is 16.3 Å². The monoisotopic (exact) mass is 387 g/mol. The van der Waals surface area contributed by atoms with E-state index in [2.05, 4.69) is 43.4 Å². The van der Waals surface area contributed by atoms with Gasteiger partial charge in [-0.3, -0.25) is 0 Å². The maximum absolute atomic E-state index is 6.28. The predicted octanol–water partition coefficient (Wildman–Crippen LogP) is 3.04. The van der Waals surface area contributed by atoms with E-state index >= 15 is 0 Å². The first-order valence-corrected chi connectivity index (χ1v) is 11.9. The molecular formula is C20H30N5OP. The van der Waals surface area contributed by atoms with Gasteiger partial charge in [-0.1, -0.05) is 27.3 Å². The molecule has 0 aliphatic carbocycles. The fourth-order valence-electron chi connectivity index (χ4n) is 3.18. The van der Waals surface area contributed by atoms with Crippen molar-refractivity contribution in [3.8, 4) is 0 Å². The van der Waals surface area contributed by atoms with Gasteiger partial charge in [-0.15, -0.1) is 0 Å². The fourth-order valence-corrected chi connectivity index (χ4v) is 3.93. The van der Waals surface area contributed by atoms with Crippen molar-refractivity contribution in [1.29, 1.82) is 0 Å². The summed E-state index contributed by atoms with van der Waals surface area (Å²) < 4.78 is 1.89. The lowest BCUT2D eigenvalue weighted by Crippen LogP contribution is -2.17. The molecule has 0 spiro atoms. The van der Waals surface area contributed by atoms with Gasteiger partial charge in [0.15, 0.2) is 5.82 Å². The van der Waals surface area contributed by atoms with Crippen LogP contribution in [0, 0.1) is 0 Å². The van der Waals surface area contributed by atoms with Crippen molar-refractivity contribution >= 4 is 41.0 Å². The molecule has 3 aromatic rings.